The SMILES string of the molecule is CCCC(N=C=O)[SiH2]OC(C)(CC)CC. The van der Waals surface area contributed by atoms with Gasteiger partial charge in [-0.2, -0.15) is 0 Å². The molecule has 1 atom stereocenters. The number of nitrogens with zero attached hydrogens (tertiary/aromatic N) is 1. The second-order valence-electron chi connectivity index (χ2n) is 4.13. The molecule has 0 aromatic heterocycles. The van der Waals surface area contributed by atoms with Gasteiger partial charge in [0.25, 0.3) is 0 Å². The molecule has 0 bridgehead atoms. The van der Waals surface area contributed by atoms with Gasteiger partial charge in [-0.3, -0.25) is 0 Å². The van der Waals surface area contributed by atoms with Crippen LogP contribution < -0.4 is 0 Å². The summed E-state index contributed by atoms with van der Waals surface area (Å²) in [4.78, 5) is 14.0. The Morgan fingerprint density at radius 1 is 1.40 bits per heavy atom. The van der Waals surface area contributed by atoms with Gasteiger partial charge in [0.1, 0.15) is 0 Å². The Morgan fingerprint density at radius 3 is 2.40 bits per heavy atom. The van der Waals surface area contributed by atoms with Gasteiger partial charge in [0, 0.05) is 0 Å². The largest absolute Gasteiger partial charge is 0.417 e. The first-order valence-electron chi connectivity index (χ1n) is 5.82. The molecule has 0 aromatic carbocycles. The van der Waals surface area contributed by atoms with E-state index < -0.39 is 9.76 Å². The quantitative estimate of drug-likeness (QED) is 0.363. The van der Waals surface area contributed by atoms with Crippen LogP contribution in [0.4, 0.5) is 0 Å². The third-order valence-electron chi connectivity index (χ3n) is 2.98. The summed E-state index contributed by atoms with van der Waals surface area (Å²) in [7, 11) is -0.752. The highest BCUT2D eigenvalue weighted by atomic mass is 28.2. The molecule has 0 aliphatic carbocycles. The molecule has 0 aromatic rings. The smallest absolute Gasteiger partial charge is 0.234 e. The summed E-state index contributed by atoms with van der Waals surface area (Å²) in [6, 6.07) is 0. The number of hydrogen-bond acceptors (Lipinski definition) is 3. The van der Waals surface area contributed by atoms with Crippen molar-refractivity contribution in [3.8, 4) is 0 Å². The average molecular weight is 229 g/mol. The molecule has 0 aliphatic rings. The fraction of sp³-hybridized carbons (Fsp3) is 0.909. The van der Waals surface area contributed by atoms with Crippen molar-refractivity contribution in [1.82, 2.24) is 0 Å². The third kappa shape index (κ3) is 5.87. The zero-order chi connectivity index (χ0) is 11.7. The summed E-state index contributed by atoms with van der Waals surface area (Å²) in [6.45, 7) is 8.50. The predicted molar refractivity (Wildman–Crippen MR) is 65.4 cm³/mol. The summed E-state index contributed by atoms with van der Waals surface area (Å²) in [6.07, 6.45) is 5.67. The Balaban J connectivity index is 4.12. The molecule has 0 saturated heterocycles. The van der Waals surface area contributed by atoms with E-state index in [0.717, 1.165) is 25.7 Å². The van der Waals surface area contributed by atoms with Gasteiger partial charge in [-0.25, -0.2) is 9.79 Å². The third-order valence-corrected chi connectivity index (χ3v) is 4.82. The molecule has 0 aliphatic heterocycles. The van der Waals surface area contributed by atoms with Crippen molar-refractivity contribution in [2.24, 2.45) is 4.99 Å². The number of hydrogen-bond donors (Lipinski definition) is 0. The Labute approximate surface area is 95.3 Å². The van der Waals surface area contributed by atoms with Crippen LogP contribution in [-0.4, -0.2) is 27.1 Å². The van der Waals surface area contributed by atoms with E-state index >= 15 is 0 Å². The van der Waals surface area contributed by atoms with Crippen molar-refractivity contribution >= 4 is 15.8 Å². The van der Waals surface area contributed by atoms with Crippen LogP contribution in [0.2, 0.25) is 0 Å². The van der Waals surface area contributed by atoms with Gasteiger partial charge in [-0.15, -0.1) is 0 Å². The first-order chi connectivity index (χ1) is 7.11. The van der Waals surface area contributed by atoms with Crippen LogP contribution in [0.5, 0.6) is 0 Å². The summed E-state index contributed by atoms with van der Waals surface area (Å²) >= 11 is 0. The van der Waals surface area contributed by atoms with Crippen LogP contribution in [0.1, 0.15) is 53.4 Å². The molecule has 0 rings (SSSR count). The van der Waals surface area contributed by atoms with E-state index in [1.807, 2.05) is 0 Å². The van der Waals surface area contributed by atoms with E-state index in [4.69, 9.17) is 4.43 Å². The lowest BCUT2D eigenvalue weighted by Crippen LogP contribution is -2.32. The van der Waals surface area contributed by atoms with Crippen molar-refractivity contribution in [3.05, 3.63) is 0 Å². The Bertz CT molecular complexity index is 211. The molecule has 15 heavy (non-hydrogen) atoms. The van der Waals surface area contributed by atoms with Crippen molar-refractivity contribution in [3.63, 3.8) is 0 Å². The monoisotopic (exact) mass is 229 g/mol. The predicted octanol–water partition coefficient (Wildman–Crippen LogP) is 2.13. The van der Waals surface area contributed by atoms with Gasteiger partial charge in [0.15, 0.2) is 9.76 Å². The molecule has 0 heterocycles. The van der Waals surface area contributed by atoms with Crippen molar-refractivity contribution in [1.29, 1.82) is 0 Å². The minimum absolute atomic E-state index is 0.0172. The maximum absolute atomic E-state index is 10.2. The minimum Gasteiger partial charge on any atom is -0.417 e. The van der Waals surface area contributed by atoms with E-state index in [9.17, 15) is 4.79 Å². The summed E-state index contributed by atoms with van der Waals surface area (Å²) in [5, 5.41) is 0. The number of aliphatic imine (C=N–C) groups is 1. The normalized spacial score (nSPS) is 14.1. The fourth-order valence-electron chi connectivity index (χ4n) is 1.34. The minimum atomic E-state index is -0.752. The van der Waals surface area contributed by atoms with E-state index in [-0.39, 0.29) is 11.3 Å². The van der Waals surface area contributed by atoms with Gasteiger partial charge in [-0.05, 0) is 26.2 Å². The molecule has 0 radical (unpaired) electrons. The summed E-state index contributed by atoms with van der Waals surface area (Å²) < 4.78 is 5.96. The lowest BCUT2D eigenvalue weighted by Gasteiger charge is -2.29. The molecular formula is C11H23NO2Si. The molecule has 0 N–H and O–H groups in total. The Hall–Kier alpha value is -0.443. The average Bonchev–Trinajstić information content (AvgIpc) is 2.26. The highest BCUT2D eigenvalue weighted by molar-refractivity contribution is 6.30. The molecule has 0 fully saturated rings. The van der Waals surface area contributed by atoms with Crippen LogP contribution in [0.25, 0.3) is 0 Å². The first-order valence-corrected chi connectivity index (χ1v) is 7.22. The maximum Gasteiger partial charge on any atom is 0.234 e. The highest BCUT2D eigenvalue weighted by Gasteiger charge is 2.21. The molecular weight excluding hydrogens is 206 g/mol. The Morgan fingerprint density at radius 2 is 2.00 bits per heavy atom. The zero-order valence-corrected chi connectivity index (χ0v) is 11.8. The molecule has 0 spiro atoms. The number of rotatable bonds is 8. The topological polar surface area (TPSA) is 38.7 Å². The van der Waals surface area contributed by atoms with Crippen LogP contribution >= 0.6 is 0 Å². The lowest BCUT2D eigenvalue weighted by molar-refractivity contribution is 0.0830. The first kappa shape index (κ1) is 14.6. The fourth-order valence-corrected chi connectivity index (χ4v) is 3.07. The standard InChI is InChI=1S/C11H23NO2Si/c1-5-8-10(12-9-13)15-14-11(4,6-2)7-3/h10H,5-8,15H2,1-4H3. The molecule has 4 heteroatoms. The molecule has 0 amide bonds. The lowest BCUT2D eigenvalue weighted by atomic mass is 10.0. The van der Waals surface area contributed by atoms with Crippen LogP contribution in [0, 0.1) is 0 Å². The van der Waals surface area contributed by atoms with Gasteiger partial charge in [0.05, 0.1) is 11.3 Å². The van der Waals surface area contributed by atoms with Crippen molar-refractivity contribution in [2.45, 2.75) is 64.6 Å². The maximum atomic E-state index is 10.2. The van der Waals surface area contributed by atoms with Crippen LogP contribution in [-0.2, 0) is 9.22 Å². The van der Waals surface area contributed by atoms with E-state index in [0.29, 0.717) is 0 Å². The van der Waals surface area contributed by atoms with Gasteiger partial charge in [0.2, 0.25) is 6.08 Å². The van der Waals surface area contributed by atoms with Gasteiger partial charge >= 0.3 is 0 Å². The zero-order valence-electron chi connectivity index (χ0n) is 10.4. The van der Waals surface area contributed by atoms with Crippen LogP contribution in [0.3, 0.4) is 0 Å². The summed E-state index contributed by atoms with van der Waals surface area (Å²) in [5.41, 5.74) is 0.0984. The number of isocyanates is 1. The molecule has 1 unspecified atom stereocenters. The summed E-state index contributed by atoms with van der Waals surface area (Å²) in [5.74, 6) is 0. The van der Waals surface area contributed by atoms with Gasteiger partial charge < -0.3 is 4.43 Å². The Kier molecular flexibility index (Phi) is 7.57. The second kappa shape index (κ2) is 7.80. The van der Waals surface area contributed by atoms with E-state index in [1.165, 1.54) is 0 Å². The second-order valence-corrected chi connectivity index (χ2v) is 5.70. The molecule has 0 saturated carbocycles. The van der Waals surface area contributed by atoms with Gasteiger partial charge in [-0.1, -0.05) is 27.2 Å². The number of carbonyl (C=O) groups excluding carboxylic acids is 1. The van der Waals surface area contributed by atoms with E-state index in [1.54, 1.807) is 6.08 Å². The molecule has 3 nitrogen and oxygen atoms in total. The van der Waals surface area contributed by atoms with Crippen molar-refractivity contribution in [2.75, 3.05) is 0 Å². The van der Waals surface area contributed by atoms with E-state index in [2.05, 4.69) is 32.7 Å². The van der Waals surface area contributed by atoms with Crippen molar-refractivity contribution < 1.29 is 9.22 Å². The van der Waals surface area contributed by atoms with Crippen LogP contribution in [0.15, 0.2) is 4.99 Å². The molecule has 88 valence electrons. The highest BCUT2D eigenvalue weighted by Crippen LogP contribution is 2.19.